The summed E-state index contributed by atoms with van der Waals surface area (Å²) in [7, 11) is 0. The van der Waals surface area contributed by atoms with Crippen molar-refractivity contribution < 1.29 is 13.5 Å². The van der Waals surface area contributed by atoms with Gasteiger partial charge in [0.1, 0.15) is 24.0 Å². The molecule has 37 heavy (non-hydrogen) atoms. The van der Waals surface area contributed by atoms with Gasteiger partial charge in [-0.05, 0) is 30.9 Å². The Bertz CT molecular complexity index is 1400. The lowest BCUT2D eigenvalue weighted by molar-refractivity contribution is 0.413. The molecule has 1 aromatic carbocycles. The van der Waals surface area contributed by atoms with Crippen molar-refractivity contribution in [1.29, 1.82) is 5.26 Å². The van der Waals surface area contributed by atoms with Gasteiger partial charge in [-0.3, -0.25) is 0 Å². The molecule has 8 nitrogen and oxygen atoms in total. The second kappa shape index (κ2) is 10.1. The number of nitriles is 1. The number of benzene rings is 1. The number of rotatable bonds is 5. The first-order valence-corrected chi connectivity index (χ1v) is 12.2. The van der Waals surface area contributed by atoms with Crippen LogP contribution in [0, 0.1) is 28.9 Å². The third-order valence-corrected chi connectivity index (χ3v) is 7.16. The first kappa shape index (κ1) is 24.6. The summed E-state index contributed by atoms with van der Waals surface area (Å²) in [6, 6.07) is 6.74. The van der Waals surface area contributed by atoms with E-state index in [-0.39, 0.29) is 40.4 Å². The van der Waals surface area contributed by atoms with Crippen LogP contribution in [0.4, 0.5) is 26.1 Å². The average molecular weight is 504 g/mol. The maximum absolute atomic E-state index is 15.5. The van der Waals surface area contributed by atoms with E-state index in [1.807, 2.05) is 32.9 Å². The number of halogens is 2. The molecule has 2 atom stereocenters. The predicted molar refractivity (Wildman–Crippen MR) is 137 cm³/mol. The predicted octanol–water partition coefficient (Wildman–Crippen LogP) is 5.12. The zero-order valence-electron chi connectivity index (χ0n) is 20.8. The van der Waals surface area contributed by atoms with Crippen LogP contribution in [0.2, 0.25) is 0 Å². The summed E-state index contributed by atoms with van der Waals surface area (Å²) in [6.07, 6.45) is 4.59. The summed E-state index contributed by atoms with van der Waals surface area (Å²) >= 11 is 0. The van der Waals surface area contributed by atoms with Crippen LogP contribution in [-0.4, -0.2) is 41.1 Å². The van der Waals surface area contributed by atoms with Gasteiger partial charge < -0.3 is 20.3 Å². The number of pyridine rings is 1. The third-order valence-electron chi connectivity index (χ3n) is 7.16. The summed E-state index contributed by atoms with van der Waals surface area (Å²) in [5, 5.41) is 16.1. The molecular formula is C27H27F2N7O. The standard InChI is InChI=1S/C27H27F2N7O/c1-15-10-19-24(17(3)16(15)2)21(28)11-22(25(19)29)37-27-20(12-30)26(33-14-34-27)35-23-5-4-18(13-32-23)36-8-6-31-7-9-36/h4-5,10-11,13-14,16-17,31H,6-9H2,1-3H3,(H,32,33,34,35). The Labute approximate surface area is 214 Å². The molecule has 1 fully saturated rings. The van der Waals surface area contributed by atoms with Gasteiger partial charge in [-0.1, -0.05) is 25.5 Å². The van der Waals surface area contributed by atoms with E-state index in [1.54, 1.807) is 18.3 Å². The number of aromatic nitrogens is 3. The fourth-order valence-electron chi connectivity index (χ4n) is 4.76. The molecule has 1 aliphatic carbocycles. The van der Waals surface area contributed by atoms with Crippen LogP contribution in [0.3, 0.4) is 0 Å². The zero-order chi connectivity index (χ0) is 26.1. The topological polar surface area (TPSA) is 99.0 Å². The maximum atomic E-state index is 15.5. The monoisotopic (exact) mass is 503 g/mol. The number of nitrogens with zero attached hydrogens (tertiary/aromatic N) is 5. The molecule has 2 aromatic heterocycles. The Balaban J connectivity index is 1.42. The number of ether oxygens (including phenoxy) is 1. The normalized spacial score (nSPS) is 19.0. The highest BCUT2D eigenvalue weighted by Crippen LogP contribution is 2.43. The molecule has 1 aliphatic heterocycles. The minimum absolute atomic E-state index is 0.0540. The van der Waals surface area contributed by atoms with Crippen molar-refractivity contribution >= 4 is 23.4 Å². The minimum Gasteiger partial charge on any atom is -0.434 e. The van der Waals surface area contributed by atoms with E-state index in [4.69, 9.17) is 4.74 Å². The molecule has 2 unspecified atom stereocenters. The number of fused-ring (bicyclic) bond motifs is 1. The molecule has 0 spiro atoms. The highest BCUT2D eigenvalue weighted by molar-refractivity contribution is 5.66. The molecule has 10 heteroatoms. The summed E-state index contributed by atoms with van der Waals surface area (Å²) in [5.74, 6) is -1.27. The zero-order valence-corrected chi connectivity index (χ0v) is 20.8. The van der Waals surface area contributed by atoms with Crippen LogP contribution in [0.5, 0.6) is 11.6 Å². The van der Waals surface area contributed by atoms with Crippen LogP contribution in [0.1, 0.15) is 43.4 Å². The van der Waals surface area contributed by atoms with Gasteiger partial charge in [-0.15, -0.1) is 0 Å². The lowest BCUT2D eigenvalue weighted by Gasteiger charge is -2.29. The molecule has 2 aliphatic rings. The molecular weight excluding hydrogens is 476 g/mol. The van der Waals surface area contributed by atoms with Crippen LogP contribution in [0.25, 0.3) is 6.08 Å². The second-order valence-electron chi connectivity index (χ2n) is 9.34. The van der Waals surface area contributed by atoms with Gasteiger partial charge in [-0.25, -0.2) is 23.7 Å². The van der Waals surface area contributed by atoms with E-state index >= 15 is 8.78 Å². The Morgan fingerprint density at radius 3 is 2.62 bits per heavy atom. The van der Waals surface area contributed by atoms with E-state index in [1.165, 1.54) is 6.33 Å². The summed E-state index contributed by atoms with van der Waals surface area (Å²) in [6.45, 7) is 9.39. The van der Waals surface area contributed by atoms with Gasteiger partial charge in [-0.2, -0.15) is 5.26 Å². The highest BCUT2D eigenvalue weighted by Gasteiger charge is 2.30. The summed E-state index contributed by atoms with van der Waals surface area (Å²) in [5.41, 5.74) is 2.39. The fourth-order valence-corrected chi connectivity index (χ4v) is 4.76. The van der Waals surface area contributed by atoms with Crippen molar-refractivity contribution in [2.24, 2.45) is 5.92 Å². The van der Waals surface area contributed by atoms with E-state index in [0.29, 0.717) is 11.4 Å². The quantitative estimate of drug-likeness (QED) is 0.495. The van der Waals surface area contributed by atoms with Gasteiger partial charge in [0.15, 0.2) is 22.9 Å². The van der Waals surface area contributed by atoms with Crippen molar-refractivity contribution in [3.8, 4) is 17.7 Å². The number of hydrogen-bond donors (Lipinski definition) is 2. The fraction of sp³-hybridized carbons (Fsp3) is 0.333. The molecule has 0 bridgehead atoms. The van der Waals surface area contributed by atoms with Crippen LogP contribution >= 0.6 is 0 Å². The maximum Gasteiger partial charge on any atom is 0.242 e. The van der Waals surface area contributed by atoms with Crippen molar-refractivity contribution in [3.05, 3.63) is 64.6 Å². The summed E-state index contributed by atoms with van der Waals surface area (Å²) < 4.78 is 36.2. The molecule has 1 saturated heterocycles. The van der Waals surface area contributed by atoms with E-state index in [9.17, 15) is 5.26 Å². The highest BCUT2D eigenvalue weighted by atomic mass is 19.1. The van der Waals surface area contributed by atoms with Crippen molar-refractivity contribution in [3.63, 3.8) is 0 Å². The largest absolute Gasteiger partial charge is 0.434 e. The molecule has 2 N–H and O–H groups in total. The molecule has 3 heterocycles. The van der Waals surface area contributed by atoms with Crippen molar-refractivity contribution in [2.75, 3.05) is 36.4 Å². The molecule has 0 radical (unpaired) electrons. The van der Waals surface area contributed by atoms with Gasteiger partial charge in [0.25, 0.3) is 0 Å². The molecule has 0 saturated carbocycles. The Kier molecular flexibility index (Phi) is 6.72. The van der Waals surface area contributed by atoms with Gasteiger partial charge in [0, 0.05) is 43.4 Å². The molecule has 3 aromatic rings. The lowest BCUT2D eigenvalue weighted by Crippen LogP contribution is -2.43. The number of hydrogen-bond acceptors (Lipinski definition) is 8. The molecule has 190 valence electrons. The Morgan fingerprint density at radius 2 is 1.92 bits per heavy atom. The van der Waals surface area contributed by atoms with Crippen molar-refractivity contribution in [1.82, 2.24) is 20.3 Å². The second-order valence-corrected chi connectivity index (χ2v) is 9.34. The average Bonchev–Trinajstić information content (AvgIpc) is 2.91. The lowest BCUT2D eigenvalue weighted by atomic mass is 9.77. The van der Waals surface area contributed by atoms with Crippen LogP contribution < -0.4 is 20.3 Å². The van der Waals surface area contributed by atoms with E-state index < -0.39 is 11.6 Å². The first-order chi connectivity index (χ1) is 17.9. The van der Waals surface area contributed by atoms with E-state index in [2.05, 4.69) is 30.5 Å². The molecule has 5 rings (SSSR count). The van der Waals surface area contributed by atoms with E-state index in [0.717, 1.165) is 43.5 Å². The number of piperazine rings is 1. The van der Waals surface area contributed by atoms with Gasteiger partial charge in [0.2, 0.25) is 5.88 Å². The van der Waals surface area contributed by atoms with Gasteiger partial charge >= 0.3 is 0 Å². The number of allylic oxidation sites excluding steroid dienone is 1. The Hall–Kier alpha value is -4.10. The van der Waals surface area contributed by atoms with Crippen molar-refractivity contribution in [2.45, 2.75) is 26.7 Å². The SMILES string of the molecule is CC1=Cc2c(F)c(Oc3ncnc(Nc4ccc(N5CCNCC5)cn4)c3C#N)cc(F)c2C(C)C1C. The minimum atomic E-state index is -0.698. The Morgan fingerprint density at radius 1 is 1.14 bits per heavy atom. The van der Waals surface area contributed by atoms with Crippen LogP contribution in [-0.2, 0) is 0 Å². The third kappa shape index (κ3) is 4.70. The van der Waals surface area contributed by atoms with Gasteiger partial charge in [0.05, 0.1) is 11.9 Å². The number of nitrogens with one attached hydrogen (secondary N) is 2. The smallest absolute Gasteiger partial charge is 0.242 e. The van der Waals surface area contributed by atoms with Crippen LogP contribution in [0.15, 0.2) is 36.3 Å². The summed E-state index contributed by atoms with van der Waals surface area (Å²) in [4.78, 5) is 14.8. The number of anilines is 3. The molecule has 0 amide bonds. The first-order valence-electron chi connectivity index (χ1n) is 12.2.